The highest BCUT2D eigenvalue weighted by Gasteiger charge is 2.71. The van der Waals surface area contributed by atoms with Crippen molar-refractivity contribution in [1.29, 1.82) is 0 Å². The van der Waals surface area contributed by atoms with Crippen LogP contribution in [0.5, 0.6) is 0 Å². The normalized spacial score (nSPS) is 40.7. The van der Waals surface area contributed by atoms with E-state index in [2.05, 4.69) is 14.0 Å². The molecule has 0 aliphatic carbocycles. The summed E-state index contributed by atoms with van der Waals surface area (Å²) in [7, 11) is 2.31. The molecule has 2 bridgehead atoms. The summed E-state index contributed by atoms with van der Waals surface area (Å²) in [4.78, 5) is 12.6. The minimum absolute atomic E-state index is 0.0561. The van der Waals surface area contributed by atoms with Crippen LogP contribution in [-0.2, 0) is 14.3 Å². The first-order valence-electron chi connectivity index (χ1n) is 8.95. The Balaban J connectivity index is 1.44. The maximum Gasteiger partial charge on any atom is 0.316 e. The zero-order valence-corrected chi connectivity index (χ0v) is 14.3. The summed E-state index contributed by atoms with van der Waals surface area (Å²) in [5, 5.41) is 9.64. The summed E-state index contributed by atoms with van der Waals surface area (Å²) < 4.78 is 12.7. The number of quaternary nitrogens is 1. The summed E-state index contributed by atoms with van der Waals surface area (Å²) in [5.41, 5.74) is 0.809. The second kappa shape index (κ2) is 5.83. The highest BCUT2D eigenvalue weighted by molar-refractivity contribution is 5.78. The van der Waals surface area contributed by atoms with Crippen molar-refractivity contribution in [2.75, 3.05) is 20.2 Å². The predicted octanol–water partition coefficient (Wildman–Crippen LogP) is 1.45. The Morgan fingerprint density at radius 3 is 2.46 bits per heavy atom. The largest absolute Gasteiger partial charge is 0.461 e. The molecule has 24 heavy (non-hydrogen) atoms. The molecule has 3 aliphatic heterocycles. The molecule has 0 saturated carbocycles. The summed E-state index contributed by atoms with van der Waals surface area (Å²) >= 11 is 0. The number of fused-ring (bicyclic) bond motifs is 5. The van der Waals surface area contributed by atoms with E-state index in [1.54, 1.807) is 0 Å². The van der Waals surface area contributed by atoms with Gasteiger partial charge in [0.25, 0.3) is 0 Å². The fourth-order valence-corrected chi connectivity index (χ4v) is 4.87. The molecule has 3 fully saturated rings. The van der Waals surface area contributed by atoms with Gasteiger partial charge in [-0.1, -0.05) is 30.3 Å². The van der Waals surface area contributed by atoms with Crippen LogP contribution in [-0.4, -0.2) is 66.2 Å². The number of nitrogens with zero attached hydrogens (tertiary/aromatic N) is 1. The van der Waals surface area contributed by atoms with Gasteiger partial charge in [-0.05, 0) is 12.5 Å². The lowest BCUT2D eigenvalue weighted by Crippen LogP contribution is -2.62. The van der Waals surface area contributed by atoms with Crippen molar-refractivity contribution in [3.63, 3.8) is 0 Å². The second-order valence-corrected chi connectivity index (χ2v) is 7.54. The van der Waals surface area contributed by atoms with Gasteiger partial charge in [0.2, 0.25) is 0 Å². The SMILES string of the molecule is CC[N+]1(C)[C@H]2CC(OC(=O)C(CO)c3ccccc3)C[C@H]1[C@H]1O[C@H]12. The van der Waals surface area contributed by atoms with Gasteiger partial charge < -0.3 is 19.1 Å². The van der Waals surface area contributed by atoms with Gasteiger partial charge in [0.1, 0.15) is 36.3 Å². The van der Waals surface area contributed by atoms with Crippen molar-refractivity contribution in [1.82, 2.24) is 0 Å². The number of piperidine rings is 1. The maximum absolute atomic E-state index is 12.6. The Labute approximate surface area is 142 Å². The molecule has 5 nitrogen and oxygen atoms in total. The van der Waals surface area contributed by atoms with Crippen molar-refractivity contribution >= 4 is 5.97 Å². The number of aliphatic hydroxyl groups is 1. The number of ether oxygens (including phenoxy) is 2. The molecule has 3 saturated heterocycles. The van der Waals surface area contributed by atoms with Crippen LogP contribution in [0.2, 0.25) is 0 Å². The number of epoxide rings is 1. The van der Waals surface area contributed by atoms with E-state index < -0.39 is 5.92 Å². The number of morpholine rings is 1. The van der Waals surface area contributed by atoms with Gasteiger partial charge in [0.05, 0.1) is 20.2 Å². The fourth-order valence-electron chi connectivity index (χ4n) is 4.87. The van der Waals surface area contributed by atoms with E-state index in [0.717, 1.165) is 29.4 Å². The van der Waals surface area contributed by atoms with Gasteiger partial charge in [-0.15, -0.1) is 0 Å². The molecule has 5 heteroatoms. The second-order valence-electron chi connectivity index (χ2n) is 7.54. The Morgan fingerprint density at radius 2 is 1.92 bits per heavy atom. The van der Waals surface area contributed by atoms with Crippen molar-refractivity contribution < 1.29 is 23.9 Å². The molecule has 130 valence electrons. The van der Waals surface area contributed by atoms with Crippen molar-refractivity contribution in [3.05, 3.63) is 35.9 Å². The first-order chi connectivity index (χ1) is 11.6. The molecular weight excluding hydrogens is 306 g/mol. The number of carbonyl (C=O) groups excluding carboxylic acids is 1. The van der Waals surface area contributed by atoms with Crippen LogP contribution < -0.4 is 0 Å². The molecule has 1 N–H and O–H groups in total. The van der Waals surface area contributed by atoms with Crippen LogP contribution in [0.25, 0.3) is 0 Å². The highest BCUT2D eigenvalue weighted by atomic mass is 16.6. The number of rotatable bonds is 5. The number of hydrogen-bond acceptors (Lipinski definition) is 4. The monoisotopic (exact) mass is 332 g/mol. The topological polar surface area (TPSA) is 59.1 Å². The average Bonchev–Trinajstić information content (AvgIpc) is 3.35. The zero-order valence-electron chi connectivity index (χ0n) is 14.3. The standard InChI is InChI=1S/C19H26NO4/c1-3-20(2)15-9-13(10-16(20)18-17(15)24-18)23-19(22)14(11-21)12-7-5-4-6-8-12/h4-8,13-18,21H,3,9-11H2,1-2H3/q+1/t13?,14?,15-,16-,17-,18+,20?/m0/s1. The third kappa shape index (κ3) is 2.38. The van der Waals surface area contributed by atoms with Gasteiger partial charge in [-0.2, -0.15) is 0 Å². The number of carbonyl (C=O) groups is 1. The quantitative estimate of drug-likeness (QED) is 0.504. The molecule has 0 amide bonds. The minimum Gasteiger partial charge on any atom is -0.461 e. The Bertz CT molecular complexity index is 601. The zero-order chi connectivity index (χ0) is 16.9. The van der Waals surface area contributed by atoms with Crippen LogP contribution in [0.15, 0.2) is 30.3 Å². The van der Waals surface area contributed by atoms with E-state index in [1.807, 2.05) is 30.3 Å². The minimum atomic E-state index is -0.594. The molecule has 1 aromatic rings. The fraction of sp³-hybridized carbons (Fsp3) is 0.632. The first-order valence-corrected chi connectivity index (χ1v) is 8.95. The van der Waals surface area contributed by atoms with Gasteiger partial charge in [0.15, 0.2) is 0 Å². The average molecular weight is 332 g/mol. The lowest BCUT2D eigenvalue weighted by atomic mass is 9.95. The van der Waals surface area contributed by atoms with Crippen LogP contribution >= 0.6 is 0 Å². The van der Waals surface area contributed by atoms with Crippen LogP contribution in [0.4, 0.5) is 0 Å². The summed E-state index contributed by atoms with van der Waals surface area (Å²) in [5.74, 6) is -0.904. The molecule has 4 rings (SSSR count). The lowest BCUT2D eigenvalue weighted by molar-refractivity contribution is -0.954. The van der Waals surface area contributed by atoms with E-state index in [-0.39, 0.29) is 18.7 Å². The van der Waals surface area contributed by atoms with E-state index in [9.17, 15) is 9.90 Å². The van der Waals surface area contributed by atoms with E-state index >= 15 is 0 Å². The predicted molar refractivity (Wildman–Crippen MR) is 88.3 cm³/mol. The first kappa shape index (κ1) is 16.1. The van der Waals surface area contributed by atoms with Crippen molar-refractivity contribution in [2.24, 2.45) is 0 Å². The van der Waals surface area contributed by atoms with Crippen molar-refractivity contribution in [3.8, 4) is 0 Å². The van der Waals surface area contributed by atoms with E-state index in [4.69, 9.17) is 9.47 Å². The van der Waals surface area contributed by atoms with E-state index in [1.165, 1.54) is 0 Å². The number of benzene rings is 1. The summed E-state index contributed by atoms with van der Waals surface area (Å²) in [6.45, 7) is 3.10. The Morgan fingerprint density at radius 1 is 1.29 bits per heavy atom. The number of likely N-dealkylation sites (N-methyl/N-ethyl adjacent to an activating group) is 1. The molecule has 3 aliphatic rings. The molecule has 7 atom stereocenters. The van der Waals surface area contributed by atoms with Crippen LogP contribution in [0.1, 0.15) is 31.2 Å². The molecule has 3 heterocycles. The molecule has 0 radical (unpaired) electrons. The number of esters is 1. The van der Waals surface area contributed by atoms with Crippen LogP contribution in [0.3, 0.4) is 0 Å². The summed E-state index contributed by atoms with van der Waals surface area (Å²) in [6, 6.07) is 10.2. The Kier molecular flexibility index (Phi) is 3.90. The number of hydrogen-bond donors (Lipinski definition) is 1. The maximum atomic E-state index is 12.6. The molecule has 0 spiro atoms. The molecule has 0 aromatic heterocycles. The molecular formula is C19H26NO4+. The van der Waals surface area contributed by atoms with Gasteiger partial charge in [0, 0.05) is 12.8 Å². The lowest BCUT2D eigenvalue weighted by Gasteiger charge is -2.47. The summed E-state index contributed by atoms with van der Waals surface area (Å²) in [6.07, 6.45) is 2.37. The van der Waals surface area contributed by atoms with Gasteiger partial charge in [-0.3, -0.25) is 4.79 Å². The third-order valence-electron chi connectivity index (χ3n) is 6.48. The van der Waals surface area contributed by atoms with Crippen LogP contribution in [0, 0.1) is 0 Å². The third-order valence-corrected chi connectivity index (χ3v) is 6.48. The van der Waals surface area contributed by atoms with Gasteiger partial charge >= 0.3 is 5.97 Å². The van der Waals surface area contributed by atoms with Crippen molar-refractivity contribution in [2.45, 2.75) is 56.1 Å². The number of aliphatic hydroxyl groups excluding tert-OH is 1. The highest BCUT2D eigenvalue weighted by Crippen LogP contribution is 2.52. The van der Waals surface area contributed by atoms with Gasteiger partial charge in [-0.25, -0.2) is 0 Å². The molecule has 3 unspecified atom stereocenters. The van der Waals surface area contributed by atoms with E-state index in [0.29, 0.717) is 24.3 Å². The Hall–Kier alpha value is -1.43. The smallest absolute Gasteiger partial charge is 0.316 e. The molecule has 1 aromatic carbocycles.